The molecular weight excluding hydrogens is 390 g/mol. The van der Waals surface area contributed by atoms with Gasteiger partial charge in [0.25, 0.3) is 0 Å². The van der Waals surface area contributed by atoms with Crippen LogP contribution < -0.4 is 15.4 Å². The Morgan fingerprint density at radius 2 is 1.93 bits per heavy atom. The highest BCUT2D eigenvalue weighted by molar-refractivity contribution is 5.93. The molecule has 1 aromatic carbocycles. The zero-order chi connectivity index (χ0) is 21.8. The molecule has 1 fully saturated rings. The molecule has 30 heavy (non-hydrogen) atoms. The number of carbonyl (C=O) groups excluding carboxylic acids is 3. The molecule has 1 aliphatic rings. The molecule has 9 nitrogen and oxygen atoms in total. The third-order valence-electron chi connectivity index (χ3n) is 4.45. The Morgan fingerprint density at radius 3 is 2.63 bits per heavy atom. The number of nitrogens with one attached hydrogen (secondary N) is 2. The molecule has 1 saturated heterocycles. The van der Waals surface area contributed by atoms with Crippen LogP contribution >= 0.6 is 0 Å². The van der Waals surface area contributed by atoms with Crippen LogP contribution in [0.15, 0.2) is 24.3 Å². The van der Waals surface area contributed by atoms with Gasteiger partial charge in [0, 0.05) is 25.4 Å². The first-order valence-electron chi connectivity index (χ1n) is 10.3. The summed E-state index contributed by atoms with van der Waals surface area (Å²) in [5, 5.41) is 5.54. The summed E-state index contributed by atoms with van der Waals surface area (Å²) >= 11 is 0. The average molecular weight is 421 g/mol. The summed E-state index contributed by atoms with van der Waals surface area (Å²) in [5.41, 5.74) is 0.623. The van der Waals surface area contributed by atoms with Gasteiger partial charge in [-0.25, -0.2) is 0 Å². The Hall–Kier alpha value is -2.65. The number of ether oxygens (including phenoxy) is 3. The smallest absolute Gasteiger partial charge is 0.307 e. The Labute approximate surface area is 177 Å². The zero-order valence-corrected chi connectivity index (χ0v) is 17.6. The van der Waals surface area contributed by atoms with Crippen LogP contribution in [0.1, 0.15) is 26.7 Å². The lowest BCUT2D eigenvalue weighted by Gasteiger charge is -2.33. The SMILES string of the molecule is CCCOC(=O)CC1C(=O)NCCN1CC(=O)Nc1ccc(OCCOCC)cc1. The van der Waals surface area contributed by atoms with Gasteiger partial charge in [0.2, 0.25) is 11.8 Å². The Morgan fingerprint density at radius 1 is 1.17 bits per heavy atom. The van der Waals surface area contributed by atoms with Gasteiger partial charge in [-0.3, -0.25) is 19.3 Å². The molecule has 166 valence electrons. The first-order valence-corrected chi connectivity index (χ1v) is 10.3. The topological polar surface area (TPSA) is 106 Å². The number of benzene rings is 1. The molecule has 2 amide bonds. The number of nitrogens with zero attached hydrogens (tertiary/aromatic N) is 1. The highest BCUT2D eigenvalue weighted by atomic mass is 16.5. The molecule has 0 aromatic heterocycles. The lowest BCUT2D eigenvalue weighted by molar-refractivity contribution is -0.148. The third kappa shape index (κ3) is 8.00. The predicted octanol–water partition coefficient (Wildman–Crippen LogP) is 1.18. The molecule has 2 rings (SSSR count). The van der Waals surface area contributed by atoms with Gasteiger partial charge in [0.15, 0.2) is 0 Å². The van der Waals surface area contributed by atoms with Crippen molar-refractivity contribution in [2.75, 3.05) is 51.4 Å². The van der Waals surface area contributed by atoms with E-state index in [9.17, 15) is 14.4 Å². The molecule has 9 heteroatoms. The fraction of sp³-hybridized carbons (Fsp3) is 0.571. The molecule has 0 saturated carbocycles. The van der Waals surface area contributed by atoms with Crippen molar-refractivity contribution in [3.63, 3.8) is 0 Å². The van der Waals surface area contributed by atoms with E-state index in [0.29, 0.717) is 57.4 Å². The van der Waals surface area contributed by atoms with Crippen molar-refractivity contribution < 1.29 is 28.6 Å². The second-order valence-electron chi connectivity index (χ2n) is 6.82. The summed E-state index contributed by atoms with van der Waals surface area (Å²) in [6, 6.07) is 6.31. The Bertz CT molecular complexity index is 694. The Kier molecular flexibility index (Phi) is 10.1. The largest absolute Gasteiger partial charge is 0.491 e. The number of esters is 1. The average Bonchev–Trinajstić information content (AvgIpc) is 2.73. The van der Waals surface area contributed by atoms with Crippen molar-refractivity contribution in [2.24, 2.45) is 0 Å². The lowest BCUT2D eigenvalue weighted by Crippen LogP contribution is -2.57. The fourth-order valence-corrected chi connectivity index (χ4v) is 2.99. The van der Waals surface area contributed by atoms with Crippen LogP contribution in [-0.2, 0) is 23.9 Å². The highest BCUT2D eigenvalue weighted by Gasteiger charge is 2.33. The number of hydrogen-bond donors (Lipinski definition) is 2. The van der Waals surface area contributed by atoms with Crippen molar-refractivity contribution in [2.45, 2.75) is 32.7 Å². The lowest BCUT2D eigenvalue weighted by atomic mass is 10.1. The second kappa shape index (κ2) is 12.8. The van der Waals surface area contributed by atoms with E-state index in [-0.39, 0.29) is 24.8 Å². The monoisotopic (exact) mass is 421 g/mol. The standard InChI is InChI=1S/C21H31N3O6/c1-3-11-30-20(26)14-18-21(27)22-9-10-24(18)15-19(25)23-16-5-7-17(8-6-16)29-13-12-28-4-2/h5-8,18H,3-4,9-15H2,1-2H3,(H,22,27)(H,23,25). The van der Waals surface area contributed by atoms with Crippen molar-refractivity contribution in [1.29, 1.82) is 0 Å². The normalized spacial score (nSPS) is 16.6. The summed E-state index contributed by atoms with van der Waals surface area (Å²) in [4.78, 5) is 38.3. The van der Waals surface area contributed by atoms with E-state index in [2.05, 4.69) is 10.6 Å². The van der Waals surface area contributed by atoms with Gasteiger partial charge < -0.3 is 24.8 Å². The highest BCUT2D eigenvalue weighted by Crippen LogP contribution is 2.16. The maximum atomic E-state index is 12.5. The van der Waals surface area contributed by atoms with Gasteiger partial charge in [-0.05, 0) is 37.6 Å². The molecule has 1 aromatic rings. The fourth-order valence-electron chi connectivity index (χ4n) is 2.99. The summed E-state index contributed by atoms with van der Waals surface area (Å²) in [6.07, 6.45) is 0.637. The van der Waals surface area contributed by atoms with Crippen molar-refractivity contribution in [3.8, 4) is 5.75 Å². The van der Waals surface area contributed by atoms with Crippen molar-refractivity contribution in [3.05, 3.63) is 24.3 Å². The number of amides is 2. The van der Waals surface area contributed by atoms with Crippen LogP contribution in [0.3, 0.4) is 0 Å². The van der Waals surface area contributed by atoms with E-state index < -0.39 is 12.0 Å². The van der Waals surface area contributed by atoms with E-state index in [1.165, 1.54) is 0 Å². The minimum atomic E-state index is -0.713. The second-order valence-corrected chi connectivity index (χ2v) is 6.82. The first kappa shape index (κ1) is 23.6. The van der Waals surface area contributed by atoms with Gasteiger partial charge in [0.1, 0.15) is 18.4 Å². The molecule has 1 heterocycles. The Balaban J connectivity index is 1.85. The van der Waals surface area contributed by atoms with Gasteiger partial charge in [-0.2, -0.15) is 0 Å². The summed E-state index contributed by atoms with van der Waals surface area (Å²) in [5.74, 6) is -0.284. The van der Waals surface area contributed by atoms with Gasteiger partial charge >= 0.3 is 5.97 Å². The minimum absolute atomic E-state index is 0.00571. The molecule has 0 aliphatic carbocycles. The number of anilines is 1. The molecular formula is C21H31N3O6. The molecule has 1 aliphatic heterocycles. The summed E-state index contributed by atoms with van der Waals surface area (Å²) < 4.78 is 15.8. The maximum Gasteiger partial charge on any atom is 0.307 e. The molecule has 0 bridgehead atoms. The molecule has 1 unspecified atom stereocenters. The van der Waals surface area contributed by atoms with Crippen LogP contribution in [0.25, 0.3) is 0 Å². The molecule has 1 atom stereocenters. The first-order chi connectivity index (χ1) is 14.5. The van der Waals surface area contributed by atoms with Crippen molar-refractivity contribution >= 4 is 23.5 Å². The van der Waals surface area contributed by atoms with Crippen LogP contribution in [0.2, 0.25) is 0 Å². The molecule has 0 radical (unpaired) electrons. The molecule has 2 N–H and O–H groups in total. The maximum absolute atomic E-state index is 12.5. The minimum Gasteiger partial charge on any atom is -0.491 e. The van der Waals surface area contributed by atoms with Gasteiger partial charge in [-0.15, -0.1) is 0 Å². The van der Waals surface area contributed by atoms with Crippen LogP contribution in [-0.4, -0.2) is 74.8 Å². The summed E-state index contributed by atoms with van der Waals surface area (Å²) in [7, 11) is 0. The molecule has 0 spiro atoms. The van der Waals surface area contributed by atoms with E-state index in [1.54, 1.807) is 29.2 Å². The summed E-state index contributed by atoms with van der Waals surface area (Å²) in [6.45, 7) is 6.69. The van der Waals surface area contributed by atoms with E-state index in [1.807, 2.05) is 13.8 Å². The predicted molar refractivity (Wildman–Crippen MR) is 111 cm³/mol. The van der Waals surface area contributed by atoms with E-state index >= 15 is 0 Å². The van der Waals surface area contributed by atoms with E-state index in [4.69, 9.17) is 14.2 Å². The van der Waals surface area contributed by atoms with Gasteiger partial charge in [0.05, 0.1) is 26.2 Å². The van der Waals surface area contributed by atoms with Crippen LogP contribution in [0, 0.1) is 0 Å². The van der Waals surface area contributed by atoms with E-state index in [0.717, 1.165) is 0 Å². The number of piperazine rings is 1. The van der Waals surface area contributed by atoms with Crippen LogP contribution in [0.4, 0.5) is 5.69 Å². The van der Waals surface area contributed by atoms with Crippen LogP contribution in [0.5, 0.6) is 5.75 Å². The zero-order valence-electron chi connectivity index (χ0n) is 17.6. The van der Waals surface area contributed by atoms with Gasteiger partial charge in [-0.1, -0.05) is 6.92 Å². The number of rotatable bonds is 12. The third-order valence-corrected chi connectivity index (χ3v) is 4.45. The van der Waals surface area contributed by atoms with Crippen molar-refractivity contribution in [1.82, 2.24) is 10.2 Å². The number of carbonyl (C=O) groups is 3. The quantitative estimate of drug-likeness (QED) is 0.386. The number of hydrogen-bond acceptors (Lipinski definition) is 7.